The third kappa shape index (κ3) is 25.2. The minimum Gasteiger partial charge on any atom is -0.394 e. The summed E-state index contributed by atoms with van der Waals surface area (Å²) in [5, 5.41) is 362. The number of rotatable bonds is 35. The monoisotopic (exact) mass is 2080 g/mol. The fourth-order valence-corrected chi connectivity index (χ4v) is 18.7. The van der Waals surface area contributed by atoms with Gasteiger partial charge in [0.1, 0.15) is 274 Å². The van der Waals surface area contributed by atoms with Crippen LogP contribution in [0.1, 0.15) is 48.5 Å². The van der Waals surface area contributed by atoms with E-state index >= 15 is 0 Å². The molecule has 0 unspecified atom stereocenters. The Hall–Kier alpha value is -4.28. The van der Waals surface area contributed by atoms with E-state index in [1.165, 1.54) is 6.92 Å². The number of amides is 4. The Balaban J connectivity index is 0.938. The van der Waals surface area contributed by atoms with Gasteiger partial charge in [0.25, 0.3) is 0 Å². The first-order chi connectivity index (χ1) is 67.1. The summed E-state index contributed by atoms with van der Waals surface area (Å²) < 4.78 is 142. The summed E-state index contributed by atoms with van der Waals surface area (Å²) in [6.45, 7) is -3.77. The molecule has 142 heavy (non-hydrogen) atoms. The fourth-order valence-electron chi connectivity index (χ4n) is 18.7. The highest BCUT2D eigenvalue weighted by atomic mass is 16.8. The van der Waals surface area contributed by atoms with Gasteiger partial charge in [0.15, 0.2) is 75.5 Å². The SMILES string of the molecule is CC(=O)N[C@@H]1[C@@H](O[C@H]2[C@@H](O)[C@@H](CO)O[C@@H](O[C@H]3[C@H](O)[C@@H](NC(C)=O)[C@H](OC[C@H]4O[C@@H](O[C@H]5[C@@H](O)[C@@H](CO)O[C@H](O)[C@@H]5NC(C)=O)[C@H](O[C@@H]5O[C@@H](C)[C@@H](O)[C@@H](O)[C@@H]5O)[C@@H](O[C@@H]5O[C@H](CO)[C@H](O)[C@H](O[C@H]6O[C@H](CO)[C@H](O)[C@H](O[C@H]7O[C@H](CO)[C@H](O)[C@H](O)[C@H]7O)[C@H]6NC(C)=O)[C@H]5O[C@@H]5O[C@@H](C)[C@@H](O)[C@@H](O)[C@@H]5O)[C@H]4O)O[C@@H]3CO)[C@@H]2O[C@@H]2O[C@@H](C)[C@@H](O)[C@@H](O)[C@@H]2O)O[C@H](CO)[C@H](O)[C@@H]1O[C@H]1O[C@H](CO)[C@H](O)[C@H](O)[C@H]1O. The smallest absolute Gasteiger partial charge is 0.217 e. The van der Waals surface area contributed by atoms with Crippen LogP contribution in [0.5, 0.6) is 0 Å². The Kier molecular flexibility index (Phi) is 41.2. The van der Waals surface area contributed by atoms with Gasteiger partial charge in [-0.1, -0.05) is 0 Å². The van der Waals surface area contributed by atoms with Crippen LogP contribution >= 0.6 is 0 Å². The lowest BCUT2D eigenvalue weighted by molar-refractivity contribution is -0.419. The first-order valence-electron chi connectivity index (χ1n) is 45.7. The van der Waals surface area contributed by atoms with E-state index < -0.39 is 451 Å². The second-order valence-electron chi connectivity index (χ2n) is 36.5. The molecular formula is C80H134N4O58. The first kappa shape index (κ1) is 116. The van der Waals surface area contributed by atoms with Gasteiger partial charge in [-0.05, 0) is 20.8 Å². The van der Waals surface area contributed by atoms with Crippen molar-refractivity contribution >= 4 is 23.6 Å². The molecule has 12 rings (SSSR count). The lowest BCUT2D eigenvalue weighted by Gasteiger charge is -2.53. The Morgan fingerprint density at radius 2 is 0.415 bits per heavy atom. The molecule has 12 saturated heterocycles. The summed E-state index contributed by atoms with van der Waals surface area (Å²) in [6, 6.07) is -8.19. The number of hydrogen-bond acceptors (Lipinski definition) is 58. The van der Waals surface area contributed by atoms with Crippen LogP contribution in [0.25, 0.3) is 0 Å². The van der Waals surface area contributed by atoms with Gasteiger partial charge in [-0.15, -0.1) is 0 Å². The van der Waals surface area contributed by atoms with Crippen molar-refractivity contribution < 1.29 is 286 Å². The van der Waals surface area contributed by atoms with Crippen LogP contribution in [-0.2, 0) is 128 Å². The van der Waals surface area contributed by atoms with Gasteiger partial charge in [-0.25, -0.2) is 0 Å². The third-order valence-corrected chi connectivity index (χ3v) is 26.6. The molecule has 4 amide bonds. The van der Waals surface area contributed by atoms with Crippen LogP contribution in [0.3, 0.4) is 0 Å². The van der Waals surface area contributed by atoms with Crippen molar-refractivity contribution in [1.29, 1.82) is 0 Å². The number of carbonyl (C=O) groups is 4. The Bertz CT molecular complexity index is 3940. The molecule has 12 aliphatic heterocycles. The molecule has 822 valence electrons. The van der Waals surface area contributed by atoms with Crippen LogP contribution in [0, 0.1) is 0 Å². The summed E-state index contributed by atoms with van der Waals surface area (Å²) in [6.07, 6.45) is -123. The topological polar surface area (TPSA) is 956 Å². The summed E-state index contributed by atoms with van der Waals surface area (Å²) in [5.41, 5.74) is 0. The number of nitrogens with one attached hydrogen (secondary N) is 4. The van der Waals surface area contributed by atoms with Crippen molar-refractivity contribution in [3.8, 4) is 0 Å². The lowest BCUT2D eigenvalue weighted by atomic mass is 9.93. The van der Waals surface area contributed by atoms with E-state index in [-0.39, 0.29) is 0 Å². The second kappa shape index (κ2) is 50.3. The van der Waals surface area contributed by atoms with Gasteiger partial charge in [-0.3, -0.25) is 19.2 Å². The maximum atomic E-state index is 13.7. The van der Waals surface area contributed by atoms with Crippen molar-refractivity contribution in [2.75, 3.05) is 59.5 Å². The molecule has 0 radical (unpaired) electrons. The molecule has 0 aromatic rings. The van der Waals surface area contributed by atoms with Gasteiger partial charge in [0.2, 0.25) is 23.6 Å². The average Bonchev–Trinajstić information content (AvgIpc) is 0.754. The molecule has 60 atom stereocenters. The molecule has 12 heterocycles. The van der Waals surface area contributed by atoms with Crippen molar-refractivity contribution in [3.63, 3.8) is 0 Å². The van der Waals surface area contributed by atoms with E-state index in [4.69, 9.17) is 109 Å². The number of aliphatic hydroxyl groups excluding tert-OH is 31. The van der Waals surface area contributed by atoms with Crippen molar-refractivity contribution in [2.45, 2.75) is 417 Å². The van der Waals surface area contributed by atoms with Gasteiger partial charge < -0.3 is 289 Å². The molecule has 0 aromatic heterocycles. The highest BCUT2D eigenvalue weighted by Gasteiger charge is 2.65. The molecular weight excluding hydrogens is 1940 g/mol. The maximum Gasteiger partial charge on any atom is 0.217 e. The normalized spacial score (nSPS) is 50.9. The quantitative estimate of drug-likeness (QED) is 0.0280. The summed E-state index contributed by atoms with van der Waals surface area (Å²) in [5.74, 6) is -4.08. The molecule has 0 saturated carbocycles. The van der Waals surface area contributed by atoms with E-state index in [1.807, 2.05) is 0 Å². The van der Waals surface area contributed by atoms with Crippen LogP contribution in [0.2, 0.25) is 0 Å². The summed E-state index contributed by atoms with van der Waals surface area (Å²) in [7, 11) is 0. The van der Waals surface area contributed by atoms with Crippen LogP contribution < -0.4 is 21.3 Å². The van der Waals surface area contributed by atoms with Crippen molar-refractivity contribution in [2.24, 2.45) is 0 Å². The van der Waals surface area contributed by atoms with Gasteiger partial charge >= 0.3 is 0 Å². The second-order valence-corrected chi connectivity index (χ2v) is 36.5. The summed E-state index contributed by atoms with van der Waals surface area (Å²) in [4.78, 5) is 53.5. The lowest BCUT2D eigenvalue weighted by Crippen LogP contribution is -2.72. The predicted octanol–water partition coefficient (Wildman–Crippen LogP) is -23.5. The number of ether oxygens (including phenoxy) is 23. The van der Waals surface area contributed by atoms with Crippen LogP contribution in [0.4, 0.5) is 0 Å². The van der Waals surface area contributed by atoms with E-state index in [0.717, 1.165) is 41.5 Å². The van der Waals surface area contributed by atoms with Crippen molar-refractivity contribution in [3.05, 3.63) is 0 Å². The Labute approximate surface area is 805 Å². The molecule has 0 aliphatic carbocycles. The van der Waals surface area contributed by atoms with Crippen LogP contribution in [0.15, 0.2) is 0 Å². The van der Waals surface area contributed by atoms with E-state index in [2.05, 4.69) is 21.3 Å². The summed E-state index contributed by atoms with van der Waals surface area (Å²) >= 11 is 0. The average molecular weight is 2080 g/mol. The molecule has 0 bridgehead atoms. The molecule has 0 aromatic carbocycles. The zero-order valence-corrected chi connectivity index (χ0v) is 76.9. The van der Waals surface area contributed by atoms with Crippen LogP contribution in [-0.4, -0.2) is 610 Å². The molecule has 35 N–H and O–H groups in total. The first-order valence-corrected chi connectivity index (χ1v) is 45.7. The molecule has 12 aliphatic rings. The van der Waals surface area contributed by atoms with Gasteiger partial charge in [0, 0.05) is 27.7 Å². The number of carbonyl (C=O) groups excluding carboxylic acids is 4. The Morgan fingerprint density at radius 1 is 0.197 bits per heavy atom. The Morgan fingerprint density at radius 3 is 0.746 bits per heavy atom. The zero-order valence-electron chi connectivity index (χ0n) is 76.9. The largest absolute Gasteiger partial charge is 0.394 e. The maximum absolute atomic E-state index is 13.7. The predicted molar refractivity (Wildman–Crippen MR) is 437 cm³/mol. The number of aliphatic hydroxyl groups is 31. The van der Waals surface area contributed by atoms with Crippen molar-refractivity contribution in [1.82, 2.24) is 21.3 Å². The van der Waals surface area contributed by atoms with E-state index in [9.17, 15) is 177 Å². The minimum atomic E-state index is -2.68. The highest BCUT2D eigenvalue weighted by molar-refractivity contribution is 5.74. The number of hydrogen-bond donors (Lipinski definition) is 35. The minimum absolute atomic E-state index is 0.874. The zero-order chi connectivity index (χ0) is 104. The standard InChI is InChI=1S/C80H134N4O58/c1-17-37(97)49(109)54(114)73(121-17)140-66-63(137-71-35(83-22(6)95)61(43(103)27(11-88)125-71)134-76-57(117)52(112)40(100)24(8-85)127-76)45(105)29(13-90)129-78(66)133-59-31(15-92)131-70(33(48(59)108)81-20(4)93)120-16-32-47(107)65(68(142-75-56(116)51(111)39(99)19(3)123-75)80(132-32)136-60-34(82-21(5)94)69(119)124-26(10-87)42(60)102)139-79-67(141-74-55(115)50(110)38(98)18(2)122-74)64(46(106)30(14-91)130-79)138-72-36(84-23(7)96)62(44(104)28(12-89)126-72)135-77-58(118)53(113)41(101)25(9-86)128-77/h17-19,24-80,85-92,97-119H,8-16H2,1-7H3,(H,81,93)(H,82,94)(H,83,95)(H,84,96)/t17-,18-,19-,24+,25+,26+,27+,28+,29+,30+,31+,32+,33+,34+,35-,36+,37+,38+,39+,40-,41-,42-,43-,44-,45-,46-,47-,48+,49+,50+,51+,52-,53-,54-,55-,56-,57+,58+,59+,60+,61+,62+,63-,64-,65-,66+,67+,68+,69-,70+,71+,72+,73-,74-,75-,76+,77+,78-,79-,80-/m0/s1. The molecule has 62 nitrogen and oxygen atoms in total. The van der Waals surface area contributed by atoms with Gasteiger partial charge in [-0.2, -0.15) is 0 Å². The van der Waals surface area contributed by atoms with E-state index in [1.54, 1.807) is 0 Å². The molecule has 12 fully saturated rings. The third-order valence-electron chi connectivity index (χ3n) is 26.6. The fraction of sp³-hybridized carbons (Fsp3) is 0.950. The molecule has 62 heteroatoms. The molecule has 0 spiro atoms. The van der Waals surface area contributed by atoms with Gasteiger partial charge in [0.05, 0.1) is 77.8 Å². The van der Waals surface area contributed by atoms with E-state index in [0.29, 0.717) is 0 Å². The highest BCUT2D eigenvalue weighted by Crippen LogP contribution is 2.44.